The quantitative estimate of drug-likeness (QED) is 0.754. The number of aliphatic imine (C=N–C) groups is 1. The number of hydrogen-bond acceptors (Lipinski definition) is 1. The minimum Gasteiger partial charge on any atom is -0.267 e. The lowest BCUT2D eigenvalue weighted by Gasteiger charge is -2.03. The summed E-state index contributed by atoms with van der Waals surface area (Å²) in [7, 11) is 0. The van der Waals surface area contributed by atoms with E-state index in [1.807, 2.05) is 13.8 Å². The van der Waals surface area contributed by atoms with Gasteiger partial charge in [0.2, 0.25) is 0 Å². The van der Waals surface area contributed by atoms with Crippen LogP contribution in [-0.4, -0.2) is 11.6 Å². The molecule has 1 aromatic rings. The Hall–Kier alpha value is -1.77. The van der Waals surface area contributed by atoms with Crippen LogP contribution in [-0.2, 0) is 11.2 Å². The minimum absolute atomic E-state index is 0.0726. The maximum atomic E-state index is 12.8. The number of hydrogen-bond donors (Lipinski definition) is 0. The number of carbonyl (C=O) groups is 1. The van der Waals surface area contributed by atoms with E-state index in [-0.39, 0.29) is 11.7 Å². The topological polar surface area (TPSA) is 29.4 Å². The van der Waals surface area contributed by atoms with Crippen LogP contribution < -0.4 is 0 Å². The number of amides is 1. The Morgan fingerprint density at radius 3 is 2.55 bits per heavy atom. The number of nitrogens with zero attached hydrogens (tertiary/aromatic N) is 1. The first-order valence-corrected chi connectivity index (χ1v) is 7.08. The third kappa shape index (κ3) is 3.86. The van der Waals surface area contributed by atoms with Crippen molar-refractivity contribution in [3.8, 4) is 0 Å². The third-order valence-electron chi connectivity index (χ3n) is 3.73. The van der Waals surface area contributed by atoms with Crippen LogP contribution >= 0.6 is 0 Å². The lowest BCUT2D eigenvalue weighted by Crippen LogP contribution is -2.04. The standard InChI is InChI=1S/C17H20FNO/c1-12-4-3-5-16(12)17(20)19-13(2)6-7-14-8-10-15(18)11-9-14/h8-11H,3-7H2,1-2H3. The molecule has 2 rings (SSSR count). The lowest BCUT2D eigenvalue weighted by molar-refractivity contribution is -0.114. The highest BCUT2D eigenvalue weighted by atomic mass is 19.1. The van der Waals surface area contributed by atoms with Crippen molar-refractivity contribution < 1.29 is 9.18 Å². The Labute approximate surface area is 119 Å². The fraction of sp³-hybridized carbons (Fsp3) is 0.412. The SMILES string of the molecule is CC(CCc1ccc(F)cc1)=NC(=O)C1=C(C)CCC1. The van der Waals surface area contributed by atoms with Gasteiger partial charge < -0.3 is 0 Å². The van der Waals surface area contributed by atoms with Crippen LogP contribution in [0.3, 0.4) is 0 Å². The zero-order chi connectivity index (χ0) is 14.5. The van der Waals surface area contributed by atoms with E-state index in [4.69, 9.17) is 0 Å². The second kappa shape index (κ2) is 6.60. The molecule has 0 aromatic heterocycles. The second-order valence-electron chi connectivity index (χ2n) is 5.39. The van der Waals surface area contributed by atoms with Crippen LogP contribution in [0.15, 0.2) is 40.4 Å². The molecule has 1 aliphatic rings. The molecule has 1 amide bonds. The van der Waals surface area contributed by atoms with Crippen LogP contribution in [0.2, 0.25) is 0 Å². The van der Waals surface area contributed by atoms with Gasteiger partial charge in [-0.15, -0.1) is 0 Å². The summed E-state index contributed by atoms with van der Waals surface area (Å²) in [6.07, 6.45) is 4.45. The molecule has 0 bridgehead atoms. The van der Waals surface area contributed by atoms with E-state index in [1.165, 1.54) is 17.7 Å². The van der Waals surface area contributed by atoms with Gasteiger partial charge >= 0.3 is 0 Å². The fourth-order valence-electron chi connectivity index (χ4n) is 2.46. The zero-order valence-corrected chi connectivity index (χ0v) is 12.1. The molecule has 0 radical (unpaired) electrons. The number of benzene rings is 1. The van der Waals surface area contributed by atoms with Gasteiger partial charge in [0, 0.05) is 11.3 Å². The number of halogens is 1. The lowest BCUT2D eigenvalue weighted by atomic mass is 10.1. The van der Waals surface area contributed by atoms with Crippen molar-refractivity contribution in [3.05, 3.63) is 46.8 Å². The summed E-state index contributed by atoms with van der Waals surface area (Å²) >= 11 is 0. The second-order valence-corrected chi connectivity index (χ2v) is 5.39. The molecule has 2 nitrogen and oxygen atoms in total. The Morgan fingerprint density at radius 2 is 1.95 bits per heavy atom. The normalized spacial score (nSPS) is 15.8. The molecule has 3 heteroatoms. The molecule has 0 heterocycles. The van der Waals surface area contributed by atoms with Gasteiger partial charge in [0.1, 0.15) is 5.82 Å². The molecule has 1 aromatic carbocycles. The molecule has 0 unspecified atom stereocenters. The van der Waals surface area contributed by atoms with E-state index < -0.39 is 0 Å². The molecule has 0 saturated heterocycles. The molecule has 0 N–H and O–H groups in total. The molecule has 0 fully saturated rings. The van der Waals surface area contributed by atoms with E-state index >= 15 is 0 Å². The molecule has 0 saturated carbocycles. The summed E-state index contributed by atoms with van der Waals surface area (Å²) in [6.45, 7) is 3.90. The average molecular weight is 273 g/mol. The zero-order valence-electron chi connectivity index (χ0n) is 12.1. The fourth-order valence-corrected chi connectivity index (χ4v) is 2.46. The van der Waals surface area contributed by atoms with Crippen LogP contribution in [0, 0.1) is 5.82 Å². The van der Waals surface area contributed by atoms with Crippen molar-refractivity contribution in [3.63, 3.8) is 0 Å². The van der Waals surface area contributed by atoms with Crippen LogP contribution in [0.4, 0.5) is 4.39 Å². The summed E-state index contributed by atoms with van der Waals surface area (Å²) in [5.41, 5.74) is 3.98. The first kappa shape index (κ1) is 14.6. The average Bonchev–Trinajstić information content (AvgIpc) is 2.84. The van der Waals surface area contributed by atoms with Crippen molar-refractivity contribution in [2.75, 3.05) is 0 Å². The number of aryl methyl sites for hydroxylation is 1. The van der Waals surface area contributed by atoms with Gasteiger partial charge in [-0.25, -0.2) is 9.38 Å². The maximum absolute atomic E-state index is 12.8. The van der Waals surface area contributed by atoms with Crippen LogP contribution in [0.1, 0.15) is 45.1 Å². The Morgan fingerprint density at radius 1 is 1.25 bits per heavy atom. The molecular weight excluding hydrogens is 253 g/mol. The van der Waals surface area contributed by atoms with Crippen molar-refractivity contribution in [2.24, 2.45) is 4.99 Å². The molecule has 0 spiro atoms. The van der Waals surface area contributed by atoms with Crippen LogP contribution in [0.25, 0.3) is 0 Å². The highest BCUT2D eigenvalue weighted by molar-refractivity contribution is 6.03. The first-order valence-electron chi connectivity index (χ1n) is 7.08. The summed E-state index contributed by atoms with van der Waals surface area (Å²) in [6, 6.07) is 6.46. The van der Waals surface area contributed by atoms with Gasteiger partial charge in [-0.3, -0.25) is 4.79 Å². The van der Waals surface area contributed by atoms with E-state index in [2.05, 4.69) is 4.99 Å². The molecular formula is C17H20FNO. The monoisotopic (exact) mass is 273 g/mol. The van der Waals surface area contributed by atoms with E-state index in [0.717, 1.165) is 49.0 Å². The van der Waals surface area contributed by atoms with Crippen molar-refractivity contribution in [1.29, 1.82) is 0 Å². The summed E-state index contributed by atoms with van der Waals surface area (Å²) in [5.74, 6) is -0.297. The van der Waals surface area contributed by atoms with Gasteiger partial charge in [0.15, 0.2) is 0 Å². The van der Waals surface area contributed by atoms with E-state index in [1.54, 1.807) is 12.1 Å². The van der Waals surface area contributed by atoms with Gasteiger partial charge in [-0.05, 0) is 63.6 Å². The number of carbonyl (C=O) groups excluding carboxylic acids is 1. The molecule has 20 heavy (non-hydrogen) atoms. The van der Waals surface area contributed by atoms with Gasteiger partial charge in [0.25, 0.3) is 5.91 Å². The molecule has 0 aliphatic heterocycles. The van der Waals surface area contributed by atoms with Gasteiger partial charge in [0.05, 0.1) is 0 Å². The Kier molecular flexibility index (Phi) is 4.83. The van der Waals surface area contributed by atoms with Crippen molar-refractivity contribution >= 4 is 11.6 Å². The highest BCUT2D eigenvalue weighted by Crippen LogP contribution is 2.26. The highest BCUT2D eigenvalue weighted by Gasteiger charge is 2.17. The first-order chi connectivity index (χ1) is 9.56. The number of allylic oxidation sites excluding steroid dienone is 1. The van der Waals surface area contributed by atoms with Crippen LogP contribution in [0.5, 0.6) is 0 Å². The third-order valence-corrected chi connectivity index (χ3v) is 3.73. The predicted molar refractivity (Wildman–Crippen MR) is 79.4 cm³/mol. The largest absolute Gasteiger partial charge is 0.272 e. The van der Waals surface area contributed by atoms with Gasteiger partial charge in [-0.1, -0.05) is 17.7 Å². The molecule has 1 aliphatic carbocycles. The Bertz CT molecular complexity index is 555. The summed E-state index contributed by atoms with van der Waals surface area (Å²) in [4.78, 5) is 16.2. The summed E-state index contributed by atoms with van der Waals surface area (Å²) < 4.78 is 12.8. The van der Waals surface area contributed by atoms with Gasteiger partial charge in [-0.2, -0.15) is 0 Å². The predicted octanol–water partition coefficient (Wildman–Crippen LogP) is 4.25. The van der Waals surface area contributed by atoms with E-state index in [9.17, 15) is 9.18 Å². The minimum atomic E-state index is -0.224. The van der Waals surface area contributed by atoms with Crippen molar-refractivity contribution in [2.45, 2.75) is 46.0 Å². The molecule has 0 atom stereocenters. The van der Waals surface area contributed by atoms with E-state index in [0.29, 0.717) is 0 Å². The Balaban J connectivity index is 1.92. The smallest absolute Gasteiger partial charge is 0.267 e. The number of rotatable bonds is 4. The maximum Gasteiger partial charge on any atom is 0.272 e. The molecule has 106 valence electrons. The van der Waals surface area contributed by atoms with Crippen molar-refractivity contribution in [1.82, 2.24) is 0 Å². The summed E-state index contributed by atoms with van der Waals surface area (Å²) in [5, 5.41) is 0.